The molecule has 0 radical (unpaired) electrons. The van der Waals surface area contributed by atoms with Gasteiger partial charge in [0.1, 0.15) is 52.1 Å². The first kappa shape index (κ1) is 72.0. The molecule has 2 saturated heterocycles. The number of nitrogens with one attached hydrogen (secondary N) is 3. The molecule has 5 heterocycles. The van der Waals surface area contributed by atoms with Crippen molar-refractivity contribution in [2.45, 2.75) is 127 Å². The zero-order chi connectivity index (χ0) is 67.7. The lowest BCUT2D eigenvalue weighted by Gasteiger charge is -2.42. The number of carbonyl (C=O) groups is 7. The number of anilines is 2. The number of hydrogen-bond donors (Lipinski definition) is 4. The number of benzene rings is 3. The van der Waals surface area contributed by atoms with Gasteiger partial charge in [-0.3, -0.25) is 29.3 Å². The van der Waals surface area contributed by atoms with Crippen LogP contribution in [0.15, 0.2) is 84.5 Å². The lowest BCUT2D eigenvalue weighted by molar-refractivity contribution is -0.162. The number of likely N-dealkylation sites (N-methyl/N-ethyl adjacent to an activating group) is 2. The smallest absolute Gasteiger partial charge is 0.409 e. The zero-order valence-corrected chi connectivity index (χ0v) is 55.7. The number of amides is 6. The van der Waals surface area contributed by atoms with Gasteiger partial charge < -0.3 is 72.7 Å². The Morgan fingerprint density at radius 3 is 2.21 bits per heavy atom. The summed E-state index contributed by atoms with van der Waals surface area (Å²) in [5.74, 6) is -2.54. The minimum Gasteiger partial charge on any atom is -0.495 e. The highest BCUT2D eigenvalue weighted by Crippen LogP contribution is 2.49. The van der Waals surface area contributed by atoms with Crippen molar-refractivity contribution >= 4 is 64.6 Å². The van der Waals surface area contributed by atoms with Crippen molar-refractivity contribution in [1.29, 1.82) is 0 Å². The molecule has 4 bridgehead atoms. The zero-order valence-electron chi connectivity index (χ0n) is 54.9. The van der Waals surface area contributed by atoms with Gasteiger partial charge in [0.25, 0.3) is 0 Å². The maximum atomic E-state index is 14.4. The molecule has 0 saturated carbocycles. The molecule has 4 N–H and O–H groups in total. The number of halogens is 1. The third-order valence-electron chi connectivity index (χ3n) is 17.5. The Bertz CT molecular complexity index is 3380. The van der Waals surface area contributed by atoms with E-state index in [1.54, 1.807) is 57.1 Å². The van der Waals surface area contributed by atoms with Crippen LogP contribution in [0, 0.1) is 5.92 Å². The Labute approximate surface area is 552 Å². The molecule has 27 heteroatoms. The fourth-order valence-corrected chi connectivity index (χ4v) is 12.0. The van der Waals surface area contributed by atoms with E-state index in [1.165, 1.54) is 42.9 Å². The highest BCUT2D eigenvalue weighted by atomic mass is 35.5. The number of alkyl carbamates (subject to hydrolysis) is 1. The van der Waals surface area contributed by atoms with E-state index in [2.05, 4.69) is 26.0 Å². The van der Waals surface area contributed by atoms with Crippen LogP contribution in [-0.4, -0.2) is 215 Å². The Morgan fingerprint density at radius 1 is 0.862 bits per heavy atom. The fraction of sp³-hybridized carbons (Fsp3) is 0.537. The van der Waals surface area contributed by atoms with Gasteiger partial charge >= 0.3 is 12.1 Å². The second-order valence-electron chi connectivity index (χ2n) is 24.0. The number of aliphatic hydroxyl groups is 1. The molecule has 94 heavy (non-hydrogen) atoms. The van der Waals surface area contributed by atoms with Gasteiger partial charge in [-0.25, -0.2) is 9.59 Å². The van der Waals surface area contributed by atoms with Crippen LogP contribution in [0.3, 0.4) is 0 Å². The molecule has 26 nitrogen and oxygen atoms in total. The van der Waals surface area contributed by atoms with Crippen molar-refractivity contribution in [2.75, 3.05) is 111 Å². The van der Waals surface area contributed by atoms with Gasteiger partial charge in [-0.1, -0.05) is 84.8 Å². The predicted octanol–water partition coefficient (Wildman–Crippen LogP) is 6.10. The van der Waals surface area contributed by atoms with Gasteiger partial charge in [0.15, 0.2) is 5.72 Å². The van der Waals surface area contributed by atoms with Crippen LogP contribution < -0.4 is 25.2 Å². The molecule has 4 aromatic rings. The molecule has 0 spiro atoms. The molecule has 6 amide bonds. The summed E-state index contributed by atoms with van der Waals surface area (Å²) < 4.78 is 51.9. The summed E-state index contributed by atoms with van der Waals surface area (Å²) in [7, 11) is 7.54. The van der Waals surface area contributed by atoms with E-state index >= 15 is 0 Å². The van der Waals surface area contributed by atoms with Gasteiger partial charge in [0, 0.05) is 90.5 Å². The van der Waals surface area contributed by atoms with Crippen LogP contribution in [0.2, 0.25) is 5.02 Å². The van der Waals surface area contributed by atoms with E-state index in [1.807, 2.05) is 61.5 Å². The molecule has 0 aliphatic carbocycles. The number of allylic oxidation sites excluding steroid dienone is 3. The molecule has 4 aliphatic rings. The normalized spacial score (nSPS) is 23.0. The Kier molecular flexibility index (Phi) is 25.7. The summed E-state index contributed by atoms with van der Waals surface area (Å²) in [5.41, 5.74) is 3.55. The molecule has 8 rings (SSSR count). The number of para-hydroxylation sites is 1. The second kappa shape index (κ2) is 33.5. The number of esters is 1. The molecular formula is C67H88ClN9O17. The fourth-order valence-electron chi connectivity index (χ4n) is 11.6. The Morgan fingerprint density at radius 2 is 1.51 bits per heavy atom. The Balaban J connectivity index is 0.696. The summed E-state index contributed by atoms with van der Waals surface area (Å²) in [5, 5.41) is 29.0. The largest absolute Gasteiger partial charge is 0.495 e. The molecule has 3 aromatic carbocycles. The van der Waals surface area contributed by atoms with Crippen molar-refractivity contribution in [1.82, 2.24) is 35.8 Å². The van der Waals surface area contributed by atoms with Crippen LogP contribution in [0.1, 0.15) is 83.8 Å². The number of H-pyrrole nitrogens is 1. The van der Waals surface area contributed by atoms with Crippen molar-refractivity contribution < 1.29 is 81.3 Å². The maximum absolute atomic E-state index is 14.4. The number of aromatic amines is 1. The molecular weight excluding hydrogens is 1240 g/mol. The van der Waals surface area contributed by atoms with Crippen molar-refractivity contribution in [3.05, 3.63) is 101 Å². The lowest BCUT2D eigenvalue weighted by Crippen LogP contribution is -2.63. The van der Waals surface area contributed by atoms with Crippen LogP contribution in [0.25, 0.3) is 22.5 Å². The van der Waals surface area contributed by atoms with E-state index in [0.29, 0.717) is 69.7 Å². The van der Waals surface area contributed by atoms with Crippen molar-refractivity contribution in [3.63, 3.8) is 0 Å². The van der Waals surface area contributed by atoms with E-state index in [-0.39, 0.29) is 94.1 Å². The number of aromatic nitrogens is 3. The van der Waals surface area contributed by atoms with Crippen LogP contribution in [0.5, 0.6) is 5.75 Å². The topological polar surface area (TPSA) is 305 Å². The summed E-state index contributed by atoms with van der Waals surface area (Å²) in [6.45, 7) is 9.97. The average Bonchev–Trinajstić information content (AvgIpc) is 1.56. The predicted molar refractivity (Wildman–Crippen MR) is 346 cm³/mol. The quantitative estimate of drug-likeness (QED) is 0.0297. The minimum absolute atomic E-state index is 0.0448. The molecule has 510 valence electrons. The summed E-state index contributed by atoms with van der Waals surface area (Å²) >= 11 is 6.83. The first-order valence-corrected chi connectivity index (χ1v) is 32.0. The van der Waals surface area contributed by atoms with E-state index in [0.717, 1.165) is 39.2 Å². The number of epoxide rings is 1. The number of hydrogen-bond acceptors (Lipinski definition) is 19. The second-order valence-corrected chi connectivity index (χ2v) is 24.4. The van der Waals surface area contributed by atoms with Crippen molar-refractivity contribution in [2.24, 2.45) is 5.92 Å². The lowest BCUT2D eigenvalue weighted by atomic mass is 9.83. The van der Waals surface area contributed by atoms with E-state index < -0.39 is 71.6 Å². The Hall–Kier alpha value is -7.82. The number of ether oxygens (including phenoxy) is 9. The molecule has 2 fully saturated rings. The van der Waals surface area contributed by atoms with Crippen LogP contribution in [-0.2, 0) is 79.6 Å². The average molecular weight is 1330 g/mol. The number of nitrogens with zero attached hydrogens (tertiary/aromatic N) is 6. The molecule has 8 atom stereocenters. The first-order chi connectivity index (χ1) is 45.1. The third-order valence-corrected chi connectivity index (χ3v) is 17.8. The summed E-state index contributed by atoms with van der Waals surface area (Å²) in [4.78, 5) is 100. The van der Waals surface area contributed by atoms with E-state index in [4.69, 9.17) is 54.2 Å². The van der Waals surface area contributed by atoms with Gasteiger partial charge in [-0.05, 0) is 62.9 Å². The van der Waals surface area contributed by atoms with Gasteiger partial charge in [-0.15, -0.1) is 0 Å². The third kappa shape index (κ3) is 18.3. The minimum atomic E-state index is -1.88. The molecule has 1 aromatic heterocycles. The van der Waals surface area contributed by atoms with Crippen LogP contribution >= 0.6 is 11.6 Å². The van der Waals surface area contributed by atoms with Gasteiger partial charge in [-0.2, -0.15) is 15.4 Å². The number of methoxy groups -OCH3 is 2. The summed E-state index contributed by atoms with van der Waals surface area (Å²) in [6, 6.07) is 17.8. The van der Waals surface area contributed by atoms with Crippen molar-refractivity contribution in [3.8, 4) is 28.3 Å². The SMILES string of the molecule is COc1cc2cc(c1Cl)N(C)C(=O)C[C@H](OC(=O)[C@H](C)N(C)C(=O)CCCC(=O)N(C)CCOCCOCCOCCOCCC(=O)NCCC(=O)N1Cc3ccccc3-c3n[nH]nc3-c3ccccc31)[C@]1(C)O[C@H]1[C@H](C)[C@@H]1C[C@@](O)(NC(=O)O1)[C@H](OC)/C=C/C=C(/C)C2. The van der Waals surface area contributed by atoms with Gasteiger partial charge in [0.05, 0.1) is 90.4 Å². The number of fused-ring (bicyclic) bond motifs is 10. The van der Waals surface area contributed by atoms with Crippen LogP contribution in [0.4, 0.5) is 16.2 Å². The molecule has 4 aliphatic heterocycles. The monoisotopic (exact) mass is 1330 g/mol. The highest BCUT2D eigenvalue weighted by molar-refractivity contribution is 6.35. The summed E-state index contributed by atoms with van der Waals surface area (Å²) in [6.07, 6.45) is 0.869. The first-order valence-electron chi connectivity index (χ1n) is 31.6. The van der Waals surface area contributed by atoms with Gasteiger partial charge in [0.2, 0.25) is 29.5 Å². The standard InChI is InChI=1S/C67H88ClN9O17/c1-42-16-14-21-53(87-9)67(85)40-52(92-65(84)70-67)43(2)63-66(4,94-63)54(39-59(82)76(7)50-37-45(36-42)38-51(86-8)60(50)68)93-64(83)44(3)75(6)57(80)23-15-22-56(79)74(5)27-29-89-31-33-91-35-34-90-32-30-88-28-25-55(78)69-26-24-58(81)77-41-46-17-10-11-18-47(46)61-62(72-73-71-61)48-19-12-13-20-49(48)77/h10-14,16-21,37-38,43-44,52-54,63,85H,15,22-36,39-41H2,1-9H3,(H,69,78)(H,70,84)(H,71,72,73)/b21-14+,42-16-/t43-,44+,52+,53-,54+,63+,66+,67+/m1/s1. The molecule has 0 unspecified atom stereocenters. The number of carbonyl (C=O) groups excluding carboxylic acids is 7. The maximum Gasteiger partial charge on any atom is 0.409 e. The van der Waals surface area contributed by atoms with E-state index in [9.17, 15) is 38.7 Å². The highest BCUT2D eigenvalue weighted by Gasteiger charge is 2.64. The number of rotatable bonds is 27.